The van der Waals surface area contributed by atoms with E-state index >= 15 is 0 Å². The van der Waals surface area contributed by atoms with Gasteiger partial charge in [0.1, 0.15) is 0 Å². The van der Waals surface area contributed by atoms with Gasteiger partial charge in [0.2, 0.25) is 12.4 Å². The van der Waals surface area contributed by atoms with E-state index in [0.29, 0.717) is 26.0 Å². The monoisotopic (exact) mass is 228 g/mol. The number of aromatic nitrogens is 2. The van der Waals surface area contributed by atoms with Gasteiger partial charge in [-0.05, 0) is 6.92 Å². The van der Waals surface area contributed by atoms with Gasteiger partial charge in [-0.15, -0.1) is 0 Å². The van der Waals surface area contributed by atoms with E-state index in [1.54, 1.807) is 4.90 Å². The average molecular weight is 228 g/mol. The molecule has 1 aromatic heterocycles. The Kier molecular flexibility index (Phi) is 4.43. The number of hydrogen-bond acceptors (Lipinski definition) is 5. The smallest absolute Gasteiger partial charge is 0.255 e. The van der Waals surface area contributed by atoms with Crippen molar-refractivity contribution in [2.45, 2.75) is 6.92 Å². The number of amides is 1. The lowest BCUT2D eigenvalue weighted by atomic mass is 10.4. The first-order chi connectivity index (χ1) is 7.69. The molecule has 0 saturated carbocycles. The zero-order valence-corrected chi connectivity index (χ0v) is 8.85. The minimum absolute atomic E-state index is 0.0789. The van der Waals surface area contributed by atoms with E-state index in [1.807, 2.05) is 6.92 Å². The van der Waals surface area contributed by atoms with Crippen molar-refractivity contribution in [1.82, 2.24) is 15.3 Å². The largest absolute Gasteiger partial charge is 0.491 e. The second kappa shape index (κ2) is 5.84. The maximum absolute atomic E-state index is 12.8. The molecule has 0 spiro atoms. The first-order valence-electron chi connectivity index (χ1n) is 4.82. The highest BCUT2D eigenvalue weighted by molar-refractivity contribution is 5.48. The summed E-state index contributed by atoms with van der Waals surface area (Å²) < 4.78 is 12.8. The molecule has 0 saturated heterocycles. The van der Waals surface area contributed by atoms with Crippen LogP contribution in [0.2, 0.25) is 0 Å². The Bertz CT molecular complexity index is 361. The van der Waals surface area contributed by atoms with Crippen molar-refractivity contribution in [3.8, 4) is 5.88 Å². The Morgan fingerprint density at radius 2 is 2.44 bits per heavy atom. The predicted octanol–water partition coefficient (Wildman–Crippen LogP) is -0.106. The van der Waals surface area contributed by atoms with E-state index in [9.17, 15) is 14.3 Å². The molecule has 88 valence electrons. The molecule has 16 heavy (non-hydrogen) atoms. The average Bonchev–Trinajstić information content (AvgIpc) is 2.28. The Balaban J connectivity index is 2.77. The number of anilines is 1. The summed E-state index contributed by atoms with van der Waals surface area (Å²) in [5.41, 5.74) is 0. The lowest BCUT2D eigenvalue weighted by Gasteiger charge is -2.21. The van der Waals surface area contributed by atoms with Crippen LogP contribution >= 0.6 is 0 Å². The van der Waals surface area contributed by atoms with Gasteiger partial charge >= 0.3 is 0 Å². The molecule has 1 aromatic rings. The molecule has 0 bridgehead atoms. The molecule has 1 rings (SSSR count). The zero-order chi connectivity index (χ0) is 12.0. The van der Waals surface area contributed by atoms with Gasteiger partial charge < -0.3 is 15.3 Å². The quantitative estimate of drug-likeness (QED) is 0.525. The Hall–Kier alpha value is -1.92. The van der Waals surface area contributed by atoms with Crippen molar-refractivity contribution in [1.29, 1.82) is 0 Å². The van der Waals surface area contributed by atoms with Gasteiger partial charge in [0, 0.05) is 19.6 Å². The number of nitrogens with zero attached hydrogens (tertiary/aromatic N) is 3. The van der Waals surface area contributed by atoms with Gasteiger partial charge in [-0.2, -0.15) is 9.37 Å². The third-order valence-electron chi connectivity index (χ3n) is 2.00. The minimum Gasteiger partial charge on any atom is -0.491 e. The van der Waals surface area contributed by atoms with Crippen LogP contribution in [-0.2, 0) is 4.79 Å². The van der Waals surface area contributed by atoms with Crippen LogP contribution < -0.4 is 10.2 Å². The lowest BCUT2D eigenvalue weighted by molar-refractivity contribution is -0.109. The summed E-state index contributed by atoms with van der Waals surface area (Å²) in [7, 11) is 0. The first kappa shape index (κ1) is 12.2. The predicted molar refractivity (Wildman–Crippen MR) is 55.6 cm³/mol. The summed E-state index contributed by atoms with van der Waals surface area (Å²) in [5.74, 6) is -1.00. The normalized spacial score (nSPS) is 9.88. The summed E-state index contributed by atoms with van der Waals surface area (Å²) in [4.78, 5) is 18.7. The second-order valence-corrected chi connectivity index (χ2v) is 2.99. The summed E-state index contributed by atoms with van der Waals surface area (Å²) in [6, 6.07) is 0. The molecule has 7 heteroatoms. The molecular weight excluding hydrogens is 215 g/mol. The third-order valence-corrected chi connectivity index (χ3v) is 2.00. The van der Waals surface area contributed by atoms with Crippen LogP contribution in [0.3, 0.4) is 0 Å². The Morgan fingerprint density at radius 1 is 1.69 bits per heavy atom. The molecule has 0 aliphatic heterocycles. The van der Waals surface area contributed by atoms with Crippen LogP contribution in [0.4, 0.5) is 10.2 Å². The first-order valence-corrected chi connectivity index (χ1v) is 4.82. The molecule has 0 aromatic carbocycles. The number of aromatic hydroxyl groups is 1. The fraction of sp³-hybridized carbons (Fsp3) is 0.444. The molecule has 0 aliphatic rings. The van der Waals surface area contributed by atoms with Gasteiger partial charge in [-0.1, -0.05) is 0 Å². The summed E-state index contributed by atoms with van der Waals surface area (Å²) >= 11 is 0. The molecule has 0 atom stereocenters. The van der Waals surface area contributed by atoms with E-state index < -0.39 is 5.95 Å². The fourth-order valence-electron chi connectivity index (χ4n) is 1.24. The van der Waals surface area contributed by atoms with Gasteiger partial charge in [0.25, 0.3) is 5.88 Å². The van der Waals surface area contributed by atoms with Crippen molar-refractivity contribution in [3.63, 3.8) is 0 Å². The molecule has 2 N–H and O–H groups in total. The number of carbonyl (C=O) groups excluding carboxylic acids is 1. The molecule has 1 heterocycles. The maximum atomic E-state index is 12.8. The topological polar surface area (TPSA) is 78.4 Å². The van der Waals surface area contributed by atoms with Crippen LogP contribution in [-0.4, -0.2) is 41.1 Å². The summed E-state index contributed by atoms with van der Waals surface area (Å²) in [6.07, 6.45) is 1.42. The maximum Gasteiger partial charge on any atom is 0.255 e. The fourth-order valence-corrected chi connectivity index (χ4v) is 1.24. The van der Waals surface area contributed by atoms with E-state index in [0.717, 1.165) is 6.20 Å². The van der Waals surface area contributed by atoms with Crippen LogP contribution in [0.1, 0.15) is 6.92 Å². The van der Waals surface area contributed by atoms with Crippen molar-refractivity contribution in [2.24, 2.45) is 0 Å². The number of likely N-dealkylation sites (N-methyl/N-ethyl adjacent to an activating group) is 1. The minimum atomic E-state index is -0.755. The van der Waals surface area contributed by atoms with E-state index in [1.165, 1.54) is 0 Å². The molecule has 0 fully saturated rings. The standard InChI is InChI=1S/C9H13FN4O2/c1-2-14(4-3-11-6-15)8-9(16)12-5-7(10)13-8/h5-6H,2-4H2,1H3,(H,11,15)(H,12,16). The van der Waals surface area contributed by atoms with Gasteiger partial charge in [0.15, 0.2) is 5.82 Å². The zero-order valence-electron chi connectivity index (χ0n) is 8.85. The van der Waals surface area contributed by atoms with Gasteiger partial charge in [-0.3, -0.25) is 4.79 Å². The van der Waals surface area contributed by atoms with Crippen LogP contribution in [0.5, 0.6) is 5.88 Å². The highest BCUT2D eigenvalue weighted by Gasteiger charge is 2.13. The van der Waals surface area contributed by atoms with E-state index in [-0.39, 0.29) is 11.7 Å². The highest BCUT2D eigenvalue weighted by Crippen LogP contribution is 2.20. The Labute approximate surface area is 92.1 Å². The SMILES string of the molecule is CCN(CCNC=O)c1nc(F)cnc1O. The molecule has 0 aliphatic carbocycles. The number of nitrogens with one attached hydrogen (secondary N) is 1. The summed E-state index contributed by atoms with van der Waals surface area (Å²) in [5, 5.41) is 11.9. The van der Waals surface area contributed by atoms with Crippen LogP contribution in [0.15, 0.2) is 6.20 Å². The third kappa shape index (κ3) is 3.04. The second-order valence-electron chi connectivity index (χ2n) is 2.99. The van der Waals surface area contributed by atoms with Gasteiger partial charge in [-0.25, -0.2) is 4.98 Å². The number of halogens is 1. The lowest BCUT2D eigenvalue weighted by Crippen LogP contribution is -2.32. The van der Waals surface area contributed by atoms with E-state index in [2.05, 4.69) is 15.3 Å². The van der Waals surface area contributed by atoms with Crippen LogP contribution in [0.25, 0.3) is 0 Å². The van der Waals surface area contributed by atoms with Crippen molar-refractivity contribution < 1.29 is 14.3 Å². The molecular formula is C9H13FN4O2. The number of carbonyl (C=O) groups is 1. The summed E-state index contributed by atoms with van der Waals surface area (Å²) in [6.45, 7) is 3.15. The molecule has 1 amide bonds. The highest BCUT2D eigenvalue weighted by atomic mass is 19.1. The van der Waals surface area contributed by atoms with Gasteiger partial charge in [0.05, 0.1) is 6.20 Å². The van der Waals surface area contributed by atoms with Crippen molar-refractivity contribution >= 4 is 12.2 Å². The number of hydrogen-bond donors (Lipinski definition) is 2. The molecule has 0 radical (unpaired) electrons. The Morgan fingerprint density at radius 3 is 3.06 bits per heavy atom. The van der Waals surface area contributed by atoms with Crippen molar-refractivity contribution in [3.05, 3.63) is 12.1 Å². The van der Waals surface area contributed by atoms with Crippen LogP contribution in [0, 0.1) is 5.95 Å². The van der Waals surface area contributed by atoms with E-state index in [4.69, 9.17) is 0 Å². The molecule has 6 nitrogen and oxygen atoms in total. The van der Waals surface area contributed by atoms with Crippen molar-refractivity contribution in [2.75, 3.05) is 24.5 Å². The molecule has 0 unspecified atom stereocenters. The number of rotatable bonds is 6.